The van der Waals surface area contributed by atoms with Crippen molar-refractivity contribution in [3.63, 3.8) is 0 Å². The molecule has 0 aliphatic rings. The Bertz CT molecular complexity index is 484. The van der Waals surface area contributed by atoms with Gasteiger partial charge in [0.15, 0.2) is 0 Å². The molecule has 1 nitrogen and oxygen atoms in total. The molecule has 0 saturated heterocycles. The highest BCUT2D eigenvalue weighted by Gasteiger charge is 2.00. The average Bonchev–Trinajstić information content (AvgIpc) is 2.77. The summed E-state index contributed by atoms with van der Waals surface area (Å²) in [4.78, 5) is 0. The lowest BCUT2D eigenvalue weighted by atomic mass is 10.1. The summed E-state index contributed by atoms with van der Waals surface area (Å²) in [6.45, 7) is 4.28. The third kappa shape index (κ3) is 3.42. The Morgan fingerprint density at radius 1 is 1.24 bits per heavy atom. The lowest BCUT2D eigenvalue weighted by Crippen LogP contribution is -2.12. The number of rotatable bonds is 6. The quantitative estimate of drug-likeness (QED) is 0.599. The molecule has 17 heavy (non-hydrogen) atoms. The monoisotopic (exact) mass is 245 g/mol. The fraction of sp³-hybridized carbons (Fsp3) is 0.333. The van der Waals surface area contributed by atoms with Crippen LogP contribution in [0.5, 0.6) is 0 Å². The highest BCUT2D eigenvalue weighted by atomic mass is 32.1. The molecular weight excluding hydrogens is 226 g/mol. The number of benzene rings is 1. The van der Waals surface area contributed by atoms with Crippen LogP contribution in [0, 0.1) is 0 Å². The molecule has 0 bridgehead atoms. The first kappa shape index (κ1) is 12.3. The SMILES string of the molecule is CCNCCC=CCc1csc2ccccc12. The Kier molecular flexibility index (Phi) is 4.77. The van der Waals surface area contributed by atoms with Crippen molar-refractivity contribution in [2.24, 2.45) is 0 Å². The molecule has 0 atom stereocenters. The van der Waals surface area contributed by atoms with Crippen molar-refractivity contribution >= 4 is 21.4 Å². The molecule has 0 fully saturated rings. The van der Waals surface area contributed by atoms with Crippen molar-refractivity contribution in [3.8, 4) is 0 Å². The van der Waals surface area contributed by atoms with Gasteiger partial charge in [-0.1, -0.05) is 37.3 Å². The van der Waals surface area contributed by atoms with E-state index in [4.69, 9.17) is 0 Å². The van der Waals surface area contributed by atoms with Crippen molar-refractivity contribution in [1.82, 2.24) is 5.32 Å². The van der Waals surface area contributed by atoms with Gasteiger partial charge in [0.1, 0.15) is 0 Å². The van der Waals surface area contributed by atoms with Gasteiger partial charge in [-0.2, -0.15) is 0 Å². The second kappa shape index (κ2) is 6.58. The van der Waals surface area contributed by atoms with Gasteiger partial charge in [0.2, 0.25) is 0 Å². The molecule has 90 valence electrons. The molecule has 0 spiro atoms. The van der Waals surface area contributed by atoms with Crippen LogP contribution in [-0.4, -0.2) is 13.1 Å². The average molecular weight is 245 g/mol. The van der Waals surface area contributed by atoms with Crippen LogP contribution in [-0.2, 0) is 6.42 Å². The Hall–Kier alpha value is -1.12. The number of nitrogens with one attached hydrogen (secondary N) is 1. The van der Waals surface area contributed by atoms with Crippen LogP contribution < -0.4 is 5.32 Å². The van der Waals surface area contributed by atoms with E-state index in [9.17, 15) is 0 Å². The summed E-state index contributed by atoms with van der Waals surface area (Å²) in [5, 5.41) is 7.01. The van der Waals surface area contributed by atoms with Crippen molar-refractivity contribution in [3.05, 3.63) is 47.4 Å². The van der Waals surface area contributed by atoms with Crippen LogP contribution in [0.2, 0.25) is 0 Å². The molecule has 2 rings (SSSR count). The molecule has 1 heterocycles. The second-order valence-electron chi connectivity index (χ2n) is 4.07. The summed E-state index contributed by atoms with van der Waals surface area (Å²) in [6, 6.07) is 8.63. The summed E-state index contributed by atoms with van der Waals surface area (Å²) in [6.07, 6.45) is 6.73. The molecule has 1 aromatic carbocycles. The van der Waals surface area contributed by atoms with Gasteiger partial charge < -0.3 is 5.32 Å². The smallest absolute Gasteiger partial charge is 0.0345 e. The largest absolute Gasteiger partial charge is 0.317 e. The summed E-state index contributed by atoms with van der Waals surface area (Å²) in [7, 11) is 0. The van der Waals surface area contributed by atoms with E-state index in [0.717, 1.165) is 25.9 Å². The second-order valence-corrected chi connectivity index (χ2v) is 4.99. The fourth-order valence-electron chi connectivity index (χ4n) is 1.88. The maximum atomic E-state index is 3.32. The molecule has 0 aliphatic heterocycles. The Labute approximate surface area is 107 Å². The van der Waals surface area contributed by atoms with E-state index in [-0.39, 0.29) is 0 Å². The zero-order valence-corrected chi connectivity index (χ0v) is 11.1. The van der Waals surface area contributed by atoms with Gasteiger partial charge in [-0.25, -0.2) is 0 Å². The number of hydrogen-bond donors (Lipinski definition) is 1. The van der Waals surface area contributed by atoms with Gasteiger partial charge in [0.05, 0.1) is 0 Å². The number of allylic oxidation sites excluding steroid dienone is 1. The molecule has 2 aromatic rings. The lowest BCUT2D eigenvalue weighted by Gasteiger charge is -1.96. The molecule has 2 heteroatoms. The van der Waals surface area contributed by atoms with Crippen LogP contribution >= 0.6 is 11.3 Å². The first-order valence-corrected chi connectivity index (χ1v) is 7.10. The van der Waals surface area contributed by atoms with Crippen molar-refractivity contribution in [2.75, 3.05) is 13.1 Å². The minimum absolute atomic E-state index is 1.05. The van der Waals surface area contributed by atoms with E-state index in [2.05, 4.69) is 54.0 Å². The van der Waals surface area contributed by atoms with Crippen LogP contribution in [0.3, 0.4) is 0 Å². The van der Waals surface area contributed by atoms with Gasteiger partial charge in [-0.05, 0) is 48.3 Å². The van der Waals surface area contributed by atoms with E-state index >= 15 is 0 Å². The molecule has 0 unspecified atom stereocenters. The van der Waals surface area contributed by atoms with E-state index in [1.807, 2.05) is 11.3 Å². The van der Waals surface area contributed by atoms with Gasteiger partial charge >= 0.3 is 0 Å². The predicted octanol–water partition coefficient (Wildman–Crippen LogP) is 4.00. The third-order valence-electron chi connectivity index (χ3n) is 2.80. The fourth-order valence-corrected chi connectivity index (χ4v) is 2.86. The van der Waals surface area contributed by atoms with Gasteiger partial charge in [0.25, 0.3) is 0 Å². The zero-order chi connectivity index (χ0) is 11.9. The van der Waals surface area contributed by atoms with Crippen molar-refractivity contribution in [2.45, 2.75) is 19.8 Å². The molecule has 1 aromatic heterocycles. The van der Waals surface area contributed by atoms with Crippen LogP contribution in [0.25, 0.3) is 10.1 Å². The molecule has 0 amide bonds. The van der Waals surface area contributed by atoms with E-state index in [0.29, 0.717) is 0 Å². The van der Waals surface area contributed by atoms with Crippen LogP contribution in [0.4, 0.5) is 0 Å². The van der Waals surface area contributed by atoms with E-state index < -0.39 is 0 Å². The first-order valence-electron chi connectivity index (χ1n) is 6.22. The third-order valence-corrected chi connectivity index (χ3v) is 3.82. The highest BCUT2D eigenvalue weighted by Crippen LogP contribution is 2.25. The van der Waals surface area contributed by atoms with Crippen molar-refractivity contribution in [1.29, 1.82) is 0 Å². The Balaban J connectivity index is 1.90. The topological polar surface area (TPSA) is 12.0 Å². The van der Waals surface area contributed by atoms with Crippen LogP contribution in [0.15, 0.2) is 41.8 Å². The minimum Gasteiger partial charge on any atom is -0.317 e. The first-order chi connectivity index (χ1) is 8.42. The molecule has 0 saturated carbocycles. The summed E-state index contributed by atoms with van der Waals surface area (Å²) < 4.78 is 1.39. The number of thiophene rings is 1. The lowest BCUT2D eigenvalue weighted by molar-refractivity contribution is 0.726. The standard InChI is InChI=1S/C15H19NS/c1-2-16-11-7-3-4-8-13-12-17-15-10-6-5-9-14(13)15/h3-6,9-10,12,16H,2,7-8,11H2,1H3. The van der Waals surface area contributed by atoms with Gasteiger partial charge in [-0.15, -0.1) is 11.3 Å². The van der Waals surface area contributed by atoms with Crippen LogP contribution in [0.1, 0.15) is 18.9 Å². The van der Waals surface area contributed by atoms with E-state index in [1.165, 1.54) is 15.6 Å². The molecule has 0 aliphatic carbocycles. The highest BCUT2D eigenvalue weighted by molar-refractivity contribution is 7.17. The summed E-state index contributed by atoms with van der Waals surface area (Å²) >= 11 is 1.84. The Morgan fingerprint density at radius 3 is 3.00 bits per heavy atom. The number of hydrogen-bond acceptors (Lipinski definition) is 2. The number of fused-ring (bicyclic) bond motifs is 1. The Morgan fingerprint density at radius 2 is 2.12 bits per heavy atom. The molecule has 0 radical (unpaired) electrons. The van der Waals surface area contributed by atoms with Gasteiger partial charge in [-0.3, -0.25) is 0 Å². The molecular formula is C15H19NS. The normalized spacial score (nSPS) is 11.6. The van der Waals surface area contributed by atoms with E-state index in [1.54, 1.807) is 0 Å². The summed E-state index contributed by atoms with van der Waals surface area (Å²) in [5.41, 5.74) is 1.45. The van der Waals surface area contributed by atoms with Crippen molar-refractivity contribution < 1.29 is 0 Å². The van der Waals surface area contributed by atoms with Gasteiger partial charge in [0, 0.05) is 4.70 Å². The predicted molar refractivity (Wildman–Crippen MR) is 77.8 cm³/mol. The summed E-state index contributed by atoms with van der Waals surface area (Å²) in [5.74, 6) is 0. The maximum Gasteiger partial charge on any atom is 0.0345 e. The minimum atomic E-state index is 1.05. The zero-order valence-electron chi connectivity index (χ0n) is 10.3. The molecule has 1 N–H and O–H groups in total. The maximum absolute atomic E-state index is 3.32.